The van der Waals surface area contributed by atoms with Crippen LogP contribution >= 0.6 is 0 Å². The summed E-state index contributed by atoms with van der Waals surface area (Å²) in [6, 6.07) is 9.48. The Hall–Kier alpha value is -5.23. The molecule has 0 radical (unpaired) electrons. The Bertz CT molecular complexity index is 1780. The zero-order valence-electron chi connectivity index (χ0n) is 25.0. The fourth-order valence-corrected chi connectivity index (χ4v) is 7.50. The first-order chi connectivity index (χ1) is 21.6. The van der Waals surface area contributed by atoms with Crippen molar-refractivity contribution in [1.82, 2.24) is 4.90 Å². The standard InChI is InChI=1S/C32H32N6O8/c1-4-11-46-29(45)37-16-7-5-15(6-8-16)17-9-10-19(39)20-18(17)12-30(35)13-32(36)25(38(2)3)24(41)21(28(34)44)26(42)31(32,14-33)27(43)22(30)23(20)40/h4-10,21-22,25,39H,1,11-13,35-36H2,2-3H3,(H2,34,44)(H,37,45)/t21?,22?,25-,30-,31+,32-/m1/s1. The number of likely N-dealkylation sites (N-methyl/N-ethyl adjacent to an activating group) is 1. The summed E-state index contributed by atoms with van der Waals surface area (Å²) in [6.07, 6.45) is -0.0157. The number of hydrogen-bond acceptors (Lipinski definition) is 12. The van der Waals surface area contributed by atoms with Crippen molar-refractivity contribution in [2.24, 2.45) is 34.5 Å². The van der Waals surface area contributed by atoms with Crippen molar-refractivity contribution in [3.8, 4) is 22.9 Å². The van der Waals surface area contributed by atoms with E-state index in [0.29, 0.717) is 16.8 Å². The topological polar surface area (TPSA) is 249 Å². The maximum absolute atomic E-state index is 14.5. The highest BCUT2D eigenvalue weighted by Crippen LogP contribution is 2.57. The molecule has 2 saturated carbocycles. The number of fused-ring (bicyclic) bond motifs is 3. The maximum atomic E-state index is 14.5. The molecule has 2 aromatic rings. The molecule has 8 N–H and O–H groups in total. The van der Waals surface area contributed by atoms with Crippen molar-refractivity contribution < 1.29 is 38.6 Å². The number of nitriles is 1. The summed E-state index contributed by atoms with van der Waals surface area (Å²) in [5.41, 5.74) is 13.8. The smallest absolute Gasteiger partial charge is 0.411 e. The highest BCUT2D eigenvalue weighted by molar-refractivity contribution is 6.33. The molecule has 46 heavy (non-hydrogen) atoms. The lowest BCUT2D eigenvalue weighted by atomic mass is 9.42. The number of nitrogens with one attached hydrogen (secondary N) is 1. The van der Waals surface area contributed by atoms with Gasteiger partial charge in [-0.2, -0.15) is 5.26 Å². The quantitative estimate of drug-likeness (QED) is 0.213. The molecule has 0 bridgehead atoms. The molecule has 0 saturated heterocycles. The first kappa shape index (κ1) is 32.2. The summed E-state index contributed by atoms with van der Waals surface area (Å²) < 4.78 is 4.92. The highest BCUT2D eigenvalue weighted by atomic mass is 16.5. The van der Waals surface area contributed by atoms with E-state index in [4.69, 9.17) is 21.9 Å². The van der Waals surface area contributed by atoms with Gasteiger partial charge in [-0.15, -0.1) is 0 Å². The summed E-state index contributed by atoms with van der Waals surface area (Å²) in [6.45, 7) is 3.50. The van der Waals surface area contributed by atoms with E-state index < -0.39 is 81.7 Å². The van der Waals surface area contributed by atoms with Crippen LogP contribution in [0.4, 0.5) is 10.5 Å². The van der Waals surface area contributed by atoms with E-state index in [2.05, 4.69) is 11.9 Å². The normalized spacial score (nSPS) is 30.0. The van der Waals surface area contributed by atoms with Crippen molar-refractivity contribution in [1.29, 1.82) is 5.26 Å². The number of rotatable bonds is 6. The minimum absolute atomic E-state index is 0.0187. The van der Waals surface area contributed by atoms with E-state index in [1.165, 1.54) is 31.1 Å². The number of nitrogens with zero attached hydrogens (tertiary/aromatic N) is 2. The zero-order chi connectivity index (χ0) is 33.9. The van der Waals surface area contributed by atoms with Crippen LogP contribution in [0.2, 0.25) is 0 Å². The van der Waals surface area contributed by atoms with E-state index in [1.54, 1.807) is 36.4 Å². The van der Waals surface area contributed by atoms with E-state index >= 15 is 0 Å². The summed E-state index contributed by atoms with van der Waals surface area (Å²) in [4.78, 5) is 81.6. The second kappa shape index (κ2) is 11.0. The van der Waals surface area contributed by atoms with Gasteiger partial charge in [0.05, 0.1) is 23.2 Å². The van der Waals surface area contributed by atoms with Crippen LogP contribution in [-0.2, 0) is 30.3 Å². The molecule has 2 aromatic carbocycles. The number of aromatic hydroxyl groups is 1. The molecule has 0 aliphatic heterocycles. The predicted molar refractivity (Wildman–Crippen MR) is 162 cm³/mol. The number of benzene rings is 2. The molecule has 2 fully saturated rings. The minimum atomic E-state index is -2.82. The van der Waals surface area contributed by atoms with Crippen LogP contribution in [0.5, 0.6) is 5.75 Å². The molecule has 3 aliphatic carbocycles. The van der Waals surface area contributed by atoms with Gasteiger partial charge in [0.15, 0.2) is 34.5 Å². The maximum Gasteiger partial charge on any atom is 0.411 e. The van der Waals surface area contributed by atoms with Crippen LogP contribution in [-0.4, -0.2) is 83.0 Å². The van der Waals surface area contributed by atoms with Crippen LogP contribution in [0.15, 0.2) is 49.1 Å². The largest absolute Gasteiger partial charge is 0.507 e. The molecule has 238 valence electrons. The molecular formula is C32H32N6O8. The molecule has 2 amide bonds. The van der Waals surface area contributed by atoms with Crippen molar-refractivity contribution in [2.45, 2.75) is 30.0 Å². The van der Waals surface area contributed by atoms with Crippen LogP contribution in [0, 0.1) is 28.6 Å². The van der Waals surface area contributed by atoms with E-state index in [9.17, 15) is 39.1 Å². The van der Waals surface area contributed by atoms with E-state index in [0.717, 1.165) is 0 Å². The number of primary amides is 1. The average molecular weight is 629 g/mol. The van der Waals surface area contributed by atoms with Gasteiger partial charge < -0.3 is 27.0 Å². The molecule has 0 spiro atoms. The Labute approximate surface area is 263 Å². The Morgan fingerprint density at radius 1 is 1.13 bits per heavy atom. The third-order valence-corrected chi connectivity index (χ3v) is 9.25. The number of carbonyl (C=O) groups excluding carboxylic acids is 6. The molecule has 14 nitrogen and oxygen atoms in total. The number of hydrogen-bond donors (Lipinski definition) is 5. The van der Waals surface area contributed by atoms with Gasteiger partial charge in [-0.25, -0.2) is 4.79 Å². The fourth-order valence-electron chi connectivity index (χ4n) is 7.50. The summed E-state index contributed by atoms with van der Waals surface area (Å²) in [5, 5.41) is 23.9. The molecule has 6 atom stereocenters. The van der Waals surface area contributed by atoms with Crippen molar-refractivity contribution in [3.05, 3.63) is 60.2 Å². The molecule has 2 unspecified atom stereocenters. The number of ether oxygens (including phenoxy) is 1. The lowest BCUT2D eigenvalue weighted by Crippen LogP contribution is -2.85. The Morgan fingerprint density at radius 3 is 2.35 bits per heavy atom. The van der Waals surface area contributed by atoms with Gasteiger partial charge in [0.2, 0.25) is 5.91 Å². The van der Waals surface area contributed by atoms with Crippen molar-refractivity contribution >= 4 is 40.8 Å². The molecule has 0 aromatic heterocycles. The van der Waals surface area contributed by atoms with Crippen LogP contribution in [0.1, 0.15) is 22.3 Å². The van der Waals surface area contributed by atoms with Gasteiger partial charge in [0, 0.05) is 11.2 Å². The molecule has 14 heteroatoms. The molecular weight excluding hydrogens is 596 g/mol. The van der Waals surface area contributed by atoms with Crippen LogP contribution in [0.25, 0.3) is 11.1 Å². The van der Waals surface area contributed by atoms with Gasteiger partial charge in [-0.3, -0.25) is 34.2 Å². The monoisotopic (exact) mass is 628 g/mol. The molecule has 0 heterocycles. The second-order valence-corrected chi connectivity index (χ2v) is 12.2. The van der Waals surface area contributed by atoms with Crippen LogP contribution in [0.3, 0.4) is 0 Å². The van der Waals surface area contributed by atoms with Crippen molar-refractivity contribution in [2.75, 3.05) is 26.0 Å². The van der Waals surface area contributed by atoms with Gasteiger partial charge >= 0.3 is 6.09 Å². The summed E-state index contributed by atoms with van der Waals surface area (Å²) in [5.74, 6) is -10.3. The zero-order valence-corrected chi connectivity index (χ0v) is 25.0. The lowest BCUT2D eigenvalue weighted by Gasteiger charge is -2.60. The number of amides is 2. The number of anilines is 1. The first-order valence-corrected chi connectivity index (χ1v) is 14.2. The highest BCUT2D eigenvalue weighted by Gasteiger charge is 2.78. The number of ketones is 4. The predicted octanol–water partition coefficient (Wildman–Crippen LogP) is 0.210. The van der Waals surface area contributed by atoms with E-state index in [-0.39, 0.29) is 24.2 Å². The fraction of sp³-hybridized carbons (Fsp3) is 0.344. The number of Topliss-reactive ketones (excluding diaryl/α,β-unsaturated/α-hetero) is 4. The Kier molecular flexibility index (Phi) is 7.68. The lowest BCUT2D eigenvalue weighted by molar-refractivity contribution is -0.166. The first-order valence-electron chi connectivity index (χ1n) is 14.2. The molecule has 5 rings (SSSR count). The van der Waals surface area contributed by atoms with Gasteiger partial charge in [0.25, 0.3) is 0 Å². The Balaban J connectivity index is 1.64. The molecule has 3 aliphatic rings. The number of phenols is 1. The SMILES string of the molecule is C=CCOC(=O)Nc1ccc(-c2ccc(O)c3c2C[C@@]2(N)C[C@@]4(N)[C@H](N(C)C)C(=O)C(C(N)=O)C(=O)[C@@]4(C#N)C(=O)C2C3=O)cc1. The number of nitrogens with two attached hydrogens (primary N) is 3. The number of carbonyl (C=O) groups is 6. The van der Waals surface area contributed by atoms with Gasteiger partial charge in [-0.1, -0.05) is 30.9 Å². The number of phenolic OH excluding ortho intramolecular Hbond substituents is 1. The second-order valence-electron chi connectivity index (χ2n) is 12.2. The van der Waals surface area contributed by atoms with Gasteiger partial charge in [0.1, 0.15) is 18.3 Å². The minimum Gasteiger partial charge on any atom is -0.507 e. The van der Waals surface area contributed by atoms with Crippen LogP contribution < -0.4 is 22.5 Å². The third kappa shape index (κ3) is 4.35. The summed E-state index contributed by atoms with van der Waals surface area (Å²) in [7, 11) is 2.87. The third-order valence-electron chi connectivity index (χ3n) is 9.25. The van der Waals surface area contributed by atoms with Gasteiger partial charge in [-0.05, 0) is 61.8 Å². The average Bonchev–Trinajstić information content (AvgIpc) is 2.95. The Morgan fingerprint density at radius 2 is 1.78 bits per heavy atom. The van der Waals surface area contributed by atoms with E-state index in [1.807, 2.05) is 0 Å². The van der Waals surface area contributed by atoms with Crippen molar-refractivity contribution in [3.63, 3.8) is 0 Å². The summed E-state index contributed by atoms with van der Waals surface area (Å²) >= 11 is 0.